The molecule has 8 heteroatoms. The molecule has 7 nitrogen and oxygen atoms in total. The number of carbonyl (C=O) groups excluding carboxylic acids is 2. The largest absolute Gasteiger partial charge is 0.468 e. The number of esters is 1. The Morgan fingerprint density at radius 3 is 2.96 bits per heavy atom. The van der Waals surface area contributed by atoms with Gasteiger partial charge < -0.3 is 14.1 Å². The summed E-state index contributed by atoms with van der Waals surface area (Å²) in [7, 11) is 1.36. The van der Waals surface area contributed by atoms with Crippen molar-refractivity contribution in [1.29, 1.82) is 0 Å². The maximum Gasteiger partial charge on any atom is 0.420 e. The summed E-state index contributed by atoms with van der Waals surface area (Å²) in [5, 5.41) is 0.214. The van der Waals surface area contributed by atoms with Crippen LogP contribution in [0.2, 0.25) is 0 Å². The lowest BCUT2D eigenvalue weighted by Gasteiger charge is -2.16. The zero-order valence-corrected chi connectivity index (χ0v) is 14.1. The fourth-order valence-electron chi connectivity index (χ4n) is 2.73. The zero-order chi connectivity index (χ0) is 17.1. The van der Waals surface area contributed by atoms with Gasteiger partial charge in [0.05, 0.1) is 18.4 Å². The van der Waals surface area contributed by atoms with Crippen LogP contribution in [0.15, 0.2) is 33.5 Å². The molecular weight excluding hydrogens is 332 g/mol. The molecule has 0 spiro atoms. The first-order valence-electron chi connectivity index (χ1n) is 7.63. The van der Waals surface area contributed by atoms with Crippen molar-refractivity contribution in [3.8, 4) is 0 Å². The Kier molecular flexibility index (Phi) is 4.94. The Bertz CT molecular complexity index is 812. The van der Waals surface area contributed by atoms with Gasteiger partial charge in [-0.1, -0.05) is 12.1 Å². The molecule has 0 aliphatic carbocycles. The maximum absolute atomic E-state index is 12.5. The number of nitrogens with zero attached hydrogens (tertiary/aromatic N) is 2. The number of hydrogen-bond donors (Lipinski definition) is 0. The average molecular weight is 350 g/mol. The minimum Gasteiger partial charge on any atom is -0.468 e. The lowest BCUT2D eigenvalue weighted by molar-refractivity contribution is -0.137. The summed E-state index contributed by atoms with van der Waals surface area (Å²) in [5.74, 6) is -0.624. The first-order chi connectivity index (χ1) is 11.6. The lowest BCUT2D eigenvalue weighted by atomic mass is 10.3. The van der Waals surface area contributed by atoms with Gasteiger partial charge in [-0.05, 0) is 18.6 Å². The molecule has 1 aromatic heterocycles. The number of oxazole rings is 1. The topological polar surface area (TPSA) is 81.8 Å². The highest BCUT2D eigenvalue weighted by atomic mass is 32.2. The SMILES string of the molecule is COC(=O)CS[C@@H]1CCN(C(=O)Cn2c(=O)oc3ccccc32)C1. The molecule has 0 unspecified atom stereocenters. The molecular formula is C16H18N2O5S. The summed E-state index contributed by atoms with van der Waals surface area (Å²) >= 11 is 1.50. The van der Waals surface area contributed by atoms with E-state index in [1.54, 1.807) is 29.2 Å². The first kappa shape index (κ1) is 16.6. The number of aromatic nitrogens is 1. The van der Waals surface area contributed by atoms with Crippen LogP contribution in [-0.2, 0) is 20.9 Å². The van der Waals surface area contributed by atoms with Crippen LogP contribution in [0.25, 0.3) is 11.1 Å². The number of methoxy groups -OCH3 is 1. The van der Waals surface area contributed by atoms with Gasteiger partial charge in [0.2, 0.25) is 5.91 Å². The summed E-state index contributed by atoms with van der Waals surface area (Å²) < 4.78 is 11.1. The van der Waals surface area contributed by atoms with Crippen molar-refractivity contribution < 1.29 is 18.7 Å². The second-order valence-corrected chi connectivity index (χ2v) is 6.85. The van der Waals surface area contributed by atoms with Crippen molar-refractivity contribution in [2.75, 3.05) is 26.0 Å². The smallest absolute Gasteiger partial charge is 0.420 e. The van der Waals surface area contributed by atoms with Crippen LogP contribution in [0.3, 0.4) is 0 Å². The monoisotopic (exact) mass is 350 g/mol. The second kappa shape index (κ2) is 7.12. The van der Waals surface area contributed by atoms with Crippen molar-refractivity contribution >= 4 is 34.7 Å². The van der Waals surface area contributed by atoms with Crippen molar-refractivity contribution in [3.05, 3.63) is 34.8 Å². The molecule has 1 aromatic carbocycles. The van der Waals surface area contributed by atoms with E-state index in [4.69, 9.17) is 4.42 Å². The van der Waals surface area contributed by atoms with Crippen molar-refractivity contribution in [1.82, 2.24) is 9.47 Å². The Morgan fingerprint density at radius 1 is 1.38 bits per heavy atom. The number of carbonyl (C=O) groups is 2. The van der Waals surface area contributed by atoms with Crippen LogP contribution in [0.5, 0.6) is 0 Å². The summed E-state index contributed by atoms with van der Waals surface area (Å²) in [6.07, 6.45) is 0.828. The number of ether oxygens (including phenoxy) is 1. The molecule has 0 bridgehead atoms. The molecule has 128 valence electrons. The van der Waals surface area contributed by atoms with Crippen molar-refractivity contribution in [3.63, 3.8) is 0 Å². The fraction of sp³-hybridized carbons (Fsp3) is 0.438. The molecule has 24 heavy (non-hydrogen) atoms. The minimum absolute atomic E-state index is 0.0375. The second-order valence-electron chi connectivity index (χ2n) is 5.56. The van der Waals surface area contributed by atoms with Crippen molar-refractivity contribution in [2.45, 2.75) is 18.2 Å². The number of rotatable bonds is 5. The highest BCUT2D eigenvalue weighted by Gasteiger charge is 2.28. The predicted molar refractivity (Wildman–Crippen MR) is 89.9 cm³/mol. The number of hydrogen-bond acceptors (Lipinski definition) is 6. The van der Waals surface area contributed by atoms with Crippen LogP contribution >= 0.6 is 11.8 Å². The van der Waals surface area contributed by atoms with Gasteiger partial charge in [-0.15, -0.1) is 11.8 Å². The third kappa shape index (κ3) is 3.48. The number of likely N-dealkylation sites (tertiary alicyclic amines) is 1. The van der Waals surface area contributed by atoms with Gasteiger partial charge >= 0.3 is 11.7 Å². The lowest BCUT2D eigenvalue weighted by Crippen LogP contribution is -2.34. The van der Waals surface area contributed by atoms with E-state index < -0.39 is 5.76 Å². The van der Waals surface area contributed by atoms with Gasteiger partial charge in [0.15, 0.2) is 5.58 Å². The molecule has 2 heterocycles. The van der Waals surface area contributed by atoms with E-state index in [9.17, 15) is 14.4 Å². The summed E-state index contributed by atoms with van der Waals surface area (Å²) in [4.78, 5) is 37.3. The number of benzene rings is 1. The molecule has 1 amide bonds. The van der Waals surface area contributed by atoms with Gasteiger partial charge in [0.25, 0.3) is 0 Å². The molecule has 0 N–H and O–H groups in total. The van der Waals surface area contributed by atoms with E-state index in [1.165, 1.54) is 23.4 Å². The third-order valence-corrected chi connectivity index (χ3v) is 5.29. The number of amides is 1. The average Bonchev–Trinajstić information content (AvgIpc) is 3.18. The van der Waals surface area contributed by atoms with E-state index in [2.05, 4.69) is 4.74 Å². The molecule has 3 rings (SSSR count). The van der Waals surface area contributed by atoms with Crippen LogP contribution < -0.4 is 5.76 Å². The maximum atomic E-state index is 12.5. The zero-order valence-electron chi connectivity index (χ0n) is 13.3. The molecule has 1 fully saturated rings. The van der Waals surface area contributed by atoms with Gasteiger partial charge in [-0.25, -0.2) is 4.79 Å². The summed E-state index contributed by atoms with van der Waals surface area (Å²) in [5.41, 5.74) is 1.09. The molecule has 1 aliphatic rings. The standard InChI is InChI=1S/C16H18N2O5S/c1-22-15(20)10-24-11-6-7-17(8-11)14(19)9-18-12-4-2-3-5-13(12)23-16(18)21/h2-5,11H,6-10H2,1H3/t11-/m1/s1. The normalized spacial score (nSPS) is 17.4. The summed E-state index contributed by atoms with van der Waals surface area (Å²) in [6, 6.07) is 7.04. The van der Waals surface area contributed by atoms with Crippen LogP contribution in [-0.4, -0.2) is 52.5 Å². The molecule has 1 aliphatic heterocycles. The van der Waals surface area contributed by atoms with Crippen LogP contribution in [0.4, 0.5) is 0 Å². The van der Waals surface area contributed by atoms with E-state index in [-0.39, 0.29) is 29.4 Å². The van der Waals surface area contributed by atoms with Gasteiger partial charge in [-0.3, -0.25) is 14.2 Å². The van der Waals surface area contributed by atoms with Gasteiger partial charge in [-0.2, -0.15) is 0 Å². The highest BCUT2D eigenvalue weighted by molar-refractivity contribution is 8.00. The Morgan fingerprint density at radius 2 is 2.17 bits per heavy atom. The van der Waals surface area contributed by atoms with E-state index in [0.717, 1.165) is 6.42 Å². The minimum atomic E-state index is -0.527. The molecule has 2 aromatic rings. The number of para-hydroxylation sites is 2. The third-order valence-electron chi connectivity index (χ3n) is 4.03. The molecule has 1 saturated heterocycles. The van der Waals surface area contributed by atoms with Crippen LogP contribution in [0.1, 0.15) is 6.42 Å². The Balaban J connectivity index is 1.62. The predicted octanol–water partition coefficient (Wildman–Crippen LogP) is 1.10. The van der Waals surface area contributed by atoms with E-state index >= 15 is 0 Å². The molecule has 0 radical (unpaired) electrons. The van der Waals surface area contributed by atoms with Crippen LogP contribution in [0, 0.1) is 0 Å². The number of thioether (sulfide) groups is 1. The van der Waals surface area contributed by atoms with Crippen molar-refractivity contribution in [2.24, 2.45) is 0 Å². The highest BCUT2D eigenvalue weighted by Crippen LogP contribution is 2.23. The van der Waals surface area contributed by atoms with E-state index in [1.807, 2.05) is 0 Å². The Labute approximate surface area is 142 Å². The molecule has 0 saturated carbocycles. The van der Waals surface area contributed by atoms with E-state index in [0.29, 0.717) is 24.2 Å². The molecule has 1 atom stereocenters. The van der Waals surface area contributed by atoms with Gasteiger partial charge in [0, 0.05) is 18.3 Å². The quantitative estimate of drug-likeness (QED) is 0.751. The summed E-state index contributed by atoms with van der Waals surface area (Å²) in [6.45, 7) is 1.16. The first-order valence-corrected chi connectivity index (χ1v) is 8.68. The fourth-order valence-corrected chi connectivity index (χ4v) is 3.78. The number of fused-ring (bicyclic) bond motifs is 1. The van der Waals surface area contributed by atoms with Gasteiger partial charge in [0.1, 0.15) is 6.54 Å². The Hall–Kier alpha value is -2.22.